The summed E-state index contributed by atoms with van der Waals surface area (Å²) in [5, 5.41) is 0. The lowest BCUT2D eigenvalue weighted by Crippen LogP contribution is -2.53. The average molecular weight is 227 g/mol. The van der Waals surface area contributed by atoms with Gasteiger partial charge >= 0.3 is 0 Å². The van der Waals surface area contributed by atoms with Crippen LogP contribution >= 0.6 is 0 Å². The molecule has 0 aliphatic carbocycles. The quantitative estimate of drug-likeness (QED) is 0.747. The molecule has 0 amide bonds. The van der Waals surface area contributed by atoms with Gasteiger partial charge in [0.1, 0.15) is 0 Å². The Labute approximate surface area is 101 Å². The Morgan fingerprint density at radius 3 is 2.44 bits per heavy atom. The van der Waals surface area contributed by atoms with Crippen LogP contribution in [0.3, 0.4) is 0 Å². The van der Waals surface area contributed by atoms with Crippen molar-refractivity contribution in [1.82, 2.24) is 9.80 Å². The van der Waals surface area contributed by atoms with Gasteiger partial charge in [0.05, 0.1) is 0 Å². The standard InChI is InChI=1S/C13H29N3/c1-5-8-13(6-2,11-14)16-9-7-12(10-16)15(3)4/h12H,5-11,14H2,1-4H3. The fraction of sp³-hybridized carbons (Fsp3) is 1.00. The lowest BCUT2D eigenvalue weighted by molar-refractivity contribution is 0.0988. The maximum Gasteiger partial charge on any atom is 0.0329 e. The van der Waals surface area contributed by atoms with Crippen molar-refractivity contribution in [3.8, 4) is 0 Å². The Kier molecular flexibility index (Phi) is 5.22. The molecule has 2 atom stereocenters. The first-order valence-electron chi connectivity index (χ1n) is 6.71. The third-order valence-corrected chi connectivity index (χ3v) is 4.32. The molecule has 1 heterocycles. The van der Waals surface area contributed by atoms with Crippen LogP contribution in [0, 0.1) is 0 Å². The van der Waals surface area contributed by atoms with E-state index in [9.17, 15) is 0 Å². The number of rotatable bonds is 6. The monoisotopic (exact) mass is 227 g/mol. The van der Waals surface area contributed by atoms with Crippen LogP contribution in [0.25, 0.3) is 0 Å². The third kappa shape index (κ3) is 2.76. The van der Waals surface area contributed by atoms with Crippen molar-refractivity contribution in [2.75, 3.05) is 33.7 Å². The van der Waals surface area contributed by atoms with Crippen LogP contribution in [0.2, 0.25) is 0 Å². The highest BCUT2D eigenvalue weighted by atomic mass is 15.3. The summed E-state index contributed by atoms with van der Waals surface area (Å²) in [7, 11) is 4.37. The Morgan fingerprint density at radius 2 is 2.06 bits per heavy atom. The Bertz CT molecular complexity index is 199. The molecule has 0 bridgehead atoms. The summed E-state index contributed by atoms with van der Waals surface area (Å²) in [6, 6.07) is 0.717. The van der Waals surface area contributed by atoms with Gasteiger partial charge in [0.25, 0.3) is 0 Å². The molecule has 0 spiro atoms. The summed E-state index contributed by atoms with van der Waals surface area (Å²) in [4.78, 5) is 4.99. The van der Waals surface area contributed by atoms with Gasteiger partial charge in [0.15, 0.2) is 0 Å². The van der Waals surface area contributed by atoms with E-state index in [1.54, 1.807) is 0 Å². The van der Waals surface area contributed by atoms with Crippen LogP contribution in [-0.2, 0) is 0 Å². The molecular formula is C13H29N3. The molecule has 0 radical (unpaired) electrons. The molecule has 0 aromatic rings. The molecule has 0 aromatic carbocycles. The second-order valence-electron chi connectivity index (χ2n) is 5.38. The summed E-state index contributed by atoms with van der Waals surface area (Å²) in [5.41, 5.74) is 6.31. The van der Waals surface area contributed by atoms with Crippen molar-refractivity contribution < 1.29 is 0 Å². The maximum absolute atomic E-state index is 6.05. The zero-order valence-electron chi connectivity index (χ0n) is 11.5. The van der Waals surface area contributed by atoms with E-state index in [-0.39, 0.29) is 5.54 Å². The molecule has 3 heteroatoms. The summed E-state index contributed by atoms with van der Waals surface area (Å²) in [6.07, 6.45) is 4.93. The second kappa shape index (κ2) is 5.99. The van der Waals surface area contributed by atoms with E-state index < -0.39 is 0 Å². The number of likely N-dealkylation sites (N-methyl/N-ethyl adjacent to an activating group) is 1. The fourth-order valence-electron chi connectivity index (χ4n) is 2.99. The molecule has 1 aliphatic heterocycles. The van der Waals surface area contributed by atoms with Crippen LogP contribution in [0.15, 0.2) is 0 Å². The van der Waals surface area contributed by atoms with Gasteiger partial charge in [-0.1, -0.05) is 20.3 Å². The molecule has 1 fully saturated rings. The first-order valence-corrected chi connectivity index (χ1v) is 6.71. The van der Waals surface area contributed by atoms with Gasteiger partial charge in [-0.3, -0.25) is 4.90 Å². The third-order valence-electron chi connectivity index (χ3n) is 4.32. The maximum atomic E-state index is 6.05. The van der Waals surface area contributed by atoms with Crippen LogP contribution in [0.4, 0.5) is 0 Å². The van der Waals surface area contributed by atoms with Gasteiger partial charge in [0.2, 0.25) is 0 Å². The minimum absolute atomic E-state index is 0.263. The Hall–Kier alpha value is -0.120. The van der Waals surface area contributed by atoms with Gasteiger partial charge in [-0.2, -0.15) is 0 Å². The molecule has 3 nitrogen and oxygen atoms in total. The van der Waals surface area contributed by atoms with E-state index in [0.717, 1.165) is 6.54 Å². The number of hydrogen-bond acceptors (Lipinski definition) is 3. The number of likely N-dealkylation sites (tertiary alicyclic amines) is 1. The zero-order valence-corrected chi connectivity index (χ0v) is 11.5. The summed E-state index contributed by atoms with van der Waals surface area (Å²) in [6.45, 7) is 7.76. The summed E-state index contributed by atoms with van der Waals surface area (Å²) in [5.74, 6) is 0. The number of hydrogen-bond donors (Lipinski definition) is 1. The fourth-order valence-corrected chi connectivity index (χ4v) is 2.99. The number of nitrogens with zero attached hydrogens (tertiary/aromatic N) is 2. The van der Waals surface area contributed by atoms with Crippen molar-refractivity contribution in [2.24, 2.45) is 5.73 Å². The van der Waals surface area contributed by atoms with Crippen LogP contribution in [0.5, 0.6) is 0 Å². The van der Waals surface area contributed by atoms with Crippen molar-refractivity contribution in [3.63, 3.8) is 0 Å². The normalized spacial score (nSPS) is 26.2. The van der Waals surface area contributed by atoms with E-state index in [4.69, 9.17) is 5.73 Å². The highest BCUT2D eigenvalue weighted by Crippen LogP contribution is 2.29. The summed E-state index contributed by atoms with van der Waals surface area (Å²) >= 11 is 0. The van der Waals surface area contributed by atoms with Gasteiger partial charge in [0, 0.05) is 31.2 Å². The van der Waals surface area contributed by atoms with E-state index in [2.05, 4.69) is 37.7 Å². The molecular weight excluding hydrogens is 198 g/mol. The minimum Gasteiger partial charge on any atom is -0.329 e. The van der Waals surface area contributed by atoms with Crippen LogP contribution in [-0.4, -0.2) is 55.1 Å². The molecule has 1 saturated heterocycles. The van der Waals surface area contributed by atoms with Crippen LogP contribution < -0.4 is 5.73 Å². The molecule has 96 valence electrons. The predicted molar refractivity (Wildman–Crippen MR) is 70.6 cm³/mol. The lowest BCUT2D eigenvalue weighted by atomic mass is 9.89. The van der Waals surface area contributed by atoms with Gasteiger partial charge in [-0.05, 0) is 33.4 Å². The average Bonchev–Trinajstić information content (AvgIpc) is 2.76. The summed E-state index contributed by atoms with van der Waals surface area (Å²) < 4.78 is 0. The zero-order chi connectivity index (χ0) is 12.2. The van der Waals surface area contributed by atoms with Crippen molar-refractivity contribution in [1.29, 1.82) is 0 Å². The SMILES string of the molecule is CCCC(CC)(CN)N1CCC(N(C)C)C1. The molecule has 0 aromatic heterocycles. The Morgan fingerprint density at radius 1 is 1.38 bits per heavy atom. The minimum atomic E-state index is 0.263. The molecule has 1 aliphatic rings. The highest BCUT2D eigenvalue weighted by molar-refractivity contribution is 4.96. The first kappa shape index (κ1) is 13.9. The topological polar surface area (TPSA) is 32.5 Å². The van der Waals surface area contributed by atoms with Gasteiger partial charge in [-0.15, -0.1) is 0 Å². The van der Waals surface area contributed by atoms with Crippen LogP contribution in [0.1, 0.15) is 39.5 Å². The van der Waals surface area contributed by atoms with Crippen molar-refractivity contribution in [3.05, 3.63) is 0 Å². The predicted octanol–water partition coefficient (Wildman–Crippen LogP) is 1.53. The van der Waals surface area contributed by atoms with Crippen molar-refractivity contribution >= 4 is 0 Å². The smallest absolute Gasteiger partial charge is 0.0329 e. The van der Waals surface area contributed by atoms with E-state index >= 15 is 0 Å². The number of nitrogens with two attached hydrogens (primary N) is 1. The highest BCUT2D eigenvalue weighted by Gasteiger charge is 2.37. The molecule has 2 unspecified atom stereocenters. The molecule has 0 saturated carbocycles. The Balaban J connectivity index is 2.66. The largest absolute Gasteiger partial charge is 0.329 e. The van der Waals surface area contributed by atoms with Gasteiger partial charge < -0.3 is 10.6 Å². The molecule has 16 heavy (non-hydrogen) atoms. The second-order valence-corrected chi connectivity index (χ2v) is 5.38. The first-order chi connectivity index (χ1) is 7.59. The van der Waals surface area contributed by atoms with E-state index in [1.807, 2.05) is 0 Å². The van der Waals surface area contributed by atoms with E-state index in [0.29, 0.717) is 6.04 Å². The van der Waals surface area contributed by atoms with Crippen molar-refractivity contribution in [2.45, 2.75) is 51.1 Å². The lowest BCUT2D eigenvalue weighted by Gasteiger charge is -2.41. The molecule has 1 rings (SSSR count). The molecule has 2 N–H and O–H groups in total. The van der Waals surface area contributed by atoms with Gasteiger partial charge in [-0.25, -0.2) is 0 Å². The van der Waals surface area contributed by atoms with E-state index in [1.165, 1.54) is 38.8 Å².